The standard InChI is InChI=1S/C12H7Cl3FNO/c13-7-4-9(15)12(5-8(7)14)18-11-2-1-6(16)3-10(11)17/h1-5H,17H2. The lowest BCUT2D eigenvalue weighted by molar-refractivity contribution is 0.483. The van der Waals surface area contributed by atoms with Gasteiger partial charge in [-0.15, -0.1) is 0 Å². The van der Waals surface area contributed by atoms with Crippen LogP contribution in [-0.4, -0.2) is 0 Å². The zero-order chi connectivity index (χ0) is 13.3. The van der Waals surface area contributed by atoms with Crippen molar-refractivity contribution in [2.24, 2.45) is 0 Å². The van der Waals surface area contributed by atoms with Crippen molar-refractivity contribution in [1.29, 1.82) is 0 Å². The van der Waals surface area contributed by atoms with E-state index < -0.39 is 5.82 Å². The topological polar surface area (TPSA) is 35.2 Å². The molecule has 0 amide bonds. The number of nitrogen functional groups attached to an aromatic ring is 1. The van der Waals surface area contributed by atoms with Crippen LogP contribution in [0.25, 0.3) is 0 Å². The molecule has 18 heavy (non-hydrogen) atoms. The number of hydrogen-bond donors (Lipinski definition) is 1. The number of anilines is 1. The number of nitrogens with two attached hydrogens (primary N) is 1. The Morgan fingerprint density at radius 1 is 0.889 bits per heavy atom. The third kappa shape index (κ3) is 2.80. The fraction of sp³-hybridized carbons (Fsp3) is 0. The van der Waals surface area contributed by atoms with Crippen LogP contribution in [0.5, 0.6) is 11.5 Å². The van der Waals surface area contributed by atoms with Gasteiger partial charge in [0.25, 0.3) is 0 Å². The molecule has 0 aliphatic rings. The van der Waals surface area contributed by atoms with Gasteiger partial charge in [-0.25, -0.2) is 4.39 Å². The van der Waals surface area contributed by atoms with Crippen LogP contribution in [0.15, 0.2) is 30.3 Å². The van der Waals surface area contributed by atoms with Crippen molar-refractivity contribution >= 4 is 40.5 Å². The Bertz CT molecular complexity index is 604. The molecule has 2 rings (SSSR count). The lowest BCUT2D eigenvalue weighted by Crippen LogP contribution is -1.93. The fourth-order valence-electron chi connectivity index (χ4n) is 1.31. The second-order valence-corrected chi connectivity index (χ2v) is 4.70. The SMILES string of the molecule is Nc1cc(F)ccc1Oc1cc(Cl)c(Cl)cc1Cl. The molecule has 2 aromatic carbocycles. The van der Waals surface area contributed by atoms with E-state index in [1.54, 1.807) is 0 Å². The van der Waals surface area contributed by atoms with Crippen LogP contribution in [0.3, 0.4) is 0 Å². The molecule has 0 bridgehead atoms. The van der Waals surface area contributed by atoms with Gasteiger partial charge in [-0.1, -0.05) is 34.8 Å². The second kappa shape index (κ2) is 5.22. The van der Waals surface area contributed by atoms with Gasteiger partial charge in [0.2, 0.25) is 0 Å². The van der Waals surface area contributed by atoms with E-state index in [4.69, 9.17) is 45.3 Å². The quantitative estimate of drug-likeness (QED) is 0.614. The normalized spacial score (nSPS) is 10.4. The molecule has 0 fully saturated rings. The van der Waals surface area contributed by atoms with Gasteiger partial charge in [0, 0.05) is 12.1 Å². The van der Waals surface area contributed by atoms with E-state index in [-0.39, 0.29) is 16.5 Å². The summed E-state index contributed by atoms with van der Waals surface area (Å²) in [5, 5.41) is 0.908. The second-order valence-electron chi connectivity index (χ2n) is 3.48. The molecule has 6 heteroatoms. The number of halogens is 4. The van der Waals surface area contributed by atoms with Crippen molar-refractivity contribution in [3.8, 4) is 11.5 Å². The van der Waals surface area contributed by atoms with E-state index in [0.29, 0.717) is 15.8 Å². The van der Waals surface area contributed by atoms with Crippen LogP contribution in [0.1, 0.15) is 0 Å². The summed E-state index contributed by atoms with van der Waals surface area (Å²) in [5.41, 5.74) is 5.78. The highest BCUT2D eigenvalue weighted by Gasteiger charge is 2.10. The van der Waals surface area contributed by atoms with Crippen molar-refractivity contribution in [3.05, 3.63) is 51.2 Å². The molecule has 2 nitrogen and oxygen atoms in total. The van der Waals surface area contributed by atoms with Gasteiger partial charge in [-0.2, -0.15) is 0 Å². The zero-order valence-electron chi connectivity index (χ0n) is 8.88. The summed E-state index contributed by atoms with van der Waals surface area (Å²) >= 11 is 17.6. The first-order valence-corrected chi connectivity index (χ1v) is 5.98. The Morgan fingerprint density at radius 2 is 1.56 bits per heavy atom. The first-order chi connectivity index (χ1) is 8.47. The number of ether oxygens (including phenoxy) is 1. The third-order valence-electron chi connectivity index (χ3n) is 2.17. The summed E-state index contributed by atoms with van der Waals surface area (Å²) in [6.45, 7) is 0. The van der Waals surface area contributed by atoms with Gasteiger partial charge in [0.05, 0.1) is 20.8 Å². The minimum atomic E-state index is -0.444. The predicted molar refractivity (Wildman–Crippen MR) is 72.4 cm³/mol. The monoisotopic (exact) mass is 305 g/mol. The maximum atomic E-state index is 12.9. The minimum Gasteiger partial charge on any atom is -0.454 e. The molecule has 2 N–H and O–H groups in total. The van der Waals surface area contributed by atoms with Gasteiger partial charge in [0.15, 0.2) is 5.75 Å². The molecule has 0 atom stereocenters. The molecular weight excluding hydrogens is 299 g/mol. The first-order valence-electron chi connectivity index (χ1n) is 4.85. The van der Waals surface area contributed by atoms with Crippen LogP contribution in [0.2, 0.25) is 15.1 Å². The van der Waals surface area contributed by atoms with Gasteiger partial charge < -0.3 is 10.5 Å². The summed E-state index contributed by atoms with van der Waals surface area (Å²) in [6, 6.07) is 6.72. The van der Waals surface area contributed by atoms with E-state index in [0.717, 1.165) is 6.07 Å². The van der Waals surface area contributed by atoms with Gasteiger partial charge in [-0.3, -0.25) is 0 Å². The van der Waals surface area contributed by atoms with Crippen LogP contribution in [-0.2, 0) is 0 Å². The molecule has 2 aromatic rings. The molecule has 0 saturated carbocycles. The molecule has 0 aromatic heterocycles. The Balaban J connectivity index is 2.37. The molecular formula is C12H7Cl3FNO. The first kappa shape index (κ1) is 13.3. The maximum absolute atomic E-state index is 12.9. The minimum absolute atomic E-state index is 0.164. The van der Waals surface area contributed by atoms with Crippen molar-refractivity contribution < 1.29 is 9.13 Å². The van der Waals surface area contributed by atoms with Crippen LogP contribution in [0.4, 0.5) is 10.1 Å². The van der Waals surface area contributed by atoms with E-state index >= 15 is 0 Å². The Labute approximate surface area is 118 Å². The van der Waals surface area contributed by atoms with E-state index in [9.17, 15) is 4.39 Å². The maximum Gasteiger partial charge on any atom is 0.150 e. The highest BCUT2D eigenvalue weighted by atomic mass is 35.5. The van der Waals surface area contributed by atoms with E-state index in [1.165, 1.54) is 24.3 Å². The van der Waals surface area contributed by atoms with Gasteiger partial charge in [0.1, 0.15) is 11.6 Å². The third-order valence-corrected chi connectivity index (χ3v) is 3.18. The Kier molecular flexibility index (Phi) is 3.85. The van der Waals surface area contributed by atoms with Crippen LogP contribution in [0, 0.1) is 5.82 Å². The van der Waals surface area contributed by atoms with E-state index in [2.05, 4.69) is 0 Å². The number of hydrogen-bond acceptors (Lipinski definition) is 2. The number of benzene rings is 2. The molecule has 0 saturated heterocycles. The lowest BCUT2D eigenvalue weighted by atomic mass is 10.3. The predicted octanol–water partition coefficient (Wildman–Crippen LogP) is 5.16. The zero-order valence-corrected chi connectivity index (χ0v) is 11.2. The van der Waals surface area contributed by atoms with Crippen molar-refractivity contribution in [1.82, 2.24) is 0 Å². The van der Waals surface area contributed by atoms with Gasteiger partial charge in [-0.05, 0) is 18.2 Å². The summed E-state index contributed by atoms with van der Waals surface area (Å²) in [4.78, 5) is 0. The Morgan fingerprint density at radius 3 is 2.22 bits per heavy atom. The summed E-state index contributed by atoms with van der Waals surface area (Å²) < 4.78 is 18.3. The average Bonchev–Trinajstić information content (AvgIpc) is 2.29. The van der Waals surface area contributed by atoms with Crippen LogP contribution >= 0.6 is 34.8 Å². The van der Waals surface area contributed by atoms with Crippen molar-refractivity contribution in [2.45, 2.75) is 0 Å². The smallest absolute Gasteiger partial charge is 0.150 e. The largest absolute Gasteiger partial charge is 0.454 e. The molecule has 0 aliphatic heterocycles. The number of rotatable bonds is 2. The van der Waals surface area contributed by atoms with E-state index in [1.807, 2.05) is 0 Å². The summed E-state index contributed by atoms with van der Waals surface area (Å²) in [6.07, 6.45) is 0. The molecule has 0 heterocycles. The highest BCUT2D eigenvalue weighted by molar-refractivity contribution is 6.43. The van der Waals surface area contributed by atoms with Crippen LogP contribution < -0.4 is 10.5 Å². The summed E-state index contributed by atoms with van der Waals surface area (Å²) in [7, 11) is 0. The van der Waals surface area contributed by atoms with Gasteiger partial charge >= 0.3 is 0 Å². The lowest BCUT2D eigenvalue weighted by Gasteiger charge is -2.10. The molecule has 0 aliphatic carbocycles. The Hall–Kier alpha value is -1.16. The molecule has 0 unspecified atom stereocenters. The fourth-order valence-corrected chi connectivity index (χ4v) is 1.89. The highest BCUT2D eigenvalue weighted by Crippen LogP contribution is 2.37. The molecule has 0 radical (unpaired) electrons. The molecule has 0 spiro atoms. The van der Waals surface area contributed by atoms with Crippen molar-refractivity contribution in [2.75, 3.05) is 5.73 Å². The molecule has 94 valence electrons. The average molecular weight is 307 g/mol. The summed E-state index contributed by atoms with van der Waals surface area (Å²) in [5.74, 6) is 0.140. The van der Waals surface area contributed by atoms with Crippen molar-refractivity contribution in [3.63, 3.8) is 0 Å².